The van der Waals surface area contributed by atoms with E-state index in [4.69, 9.17) is 0 Å². The molecule has 14 heavy (non-hydrogen) atoms. The van der Waals surface area contributed by atoms with E-state index < -0.39 is 0 Å². The third-order valence-electron chi connectivity index (χ3n) is 2.64. The highest BCUT2D eigenvalue weighted by Gasteiger charge is 2.22. The third kappa shape index (κ3) is 4.61. The van der Waals surface area contributed by atoms with Crippen molar-refractivity contribution >= 4 is 0 Å². The molecule has 0 heterocycles. The van der Waals surface area contributed by atoms with E-state index in [1.54, 1.807) is 0 Å². The van der Waals surface area contributed by atoms with E-state index in [0.717, 1.165) is 19.3 Å². The summed E-state index contributed by atoms with van der Waals surface area (Å²) in [5.41, 5.74) is 1.29. The maximum absolute atomic E-state index is 9.44. The van der Waals surface area contributed by atoms with Gasteiger partial charge in [-0.05, 0) is 33.1 Å². The minimum atomic E-state index is -0.0344. The summed E-state index contributed by atoms with van der Waals surface area (Å²) in [6.45, 7) is 8.69. The smallest absolute Gasteiger partial charge is 0.0524 e. The summed E-state index contributed by atoms with van der Waals surface area (Å²) >= 11 is 0. The molecule has 82 valence electrons. The van der Waals surface area contributed by atoms with E-state index in [0.29, 0.717) is 0 Å². The zero-order valence-corrected chi connectivity index (χ0v) is 10.0. The van der Waals surface area contributed by atoms with Crippen molar-refractivity contribution in [2.75, 3.05) is 6.61 Å². The molecule has 1 heteroatoms. The first kappa shape index (κ1) is 13.4. The summed E-state index contributed by atoms with van der Waals surface area (Å²) in [7, 11) is 0. The number of aliphatic hydroxyl groups excluding tert-OH is 1. The third-order valence-corrected chi connectivity index (χ3v) is 2.64. The highest BCUT2D eigenvalue weighted by Crippen LogP contribution is 2.29. The quantitative estimate of drug-likeness (QED) is 0.642. The van der Waals surface area contributed by atoms with Gasteiger partial charge < -0.3 is 5.11 Å². The molecular formula is C13H24O. The average Bonchev–Trinajstić information content (AvgIpc) is 2.19. The van der Waals surface area contributed by atoms with Gasteiger partial charge in [0.25, 0.3) is 0 Å². The predicted octanol–water partition coefficient (Wildman–Crippen LogP) is 3.70. The Morgan fingerprint density at radius 2 is 1.93 bits per heavy atom. The van der Waals surface area contributed by atoms with Gasteiger partial charge >= 0.3 is 0 Å². The van der Waals surface area contributed by atoms with Crippen molar-refractivity contribution in [2.24, 2.45) is 5.41 Å². The van der Waals surface area contributed by atoms with Crippen molar-refractivity contribution < 1.29 is 5.11 Å². The molecule has 0 saturated carbocycles. The second-order valence-electron chi connectivity index (χ2n) is 4.17. The van der Waals surface area contributed by atoms with Gasteiger partial charge in [-0.2, -0.15) is 0 Å². The Hall–Kier alpha value is -0.560. The zero-order valence-electron chi connectivity index (χ0n) is 10.0. The summed E-state index contributed by atoms with van der Waals surface area (Å²) in [6.07, 6.45) is 9.50. The van der Waals surface area contributed by atoms with E-state index >= 15 is 0 Å². The van der Waals surface area contributed by atoms with Crippen LogP contribution in [-0.2, 0) is 0 Å². The Kier molecular flexibility index (Phi) is 6.56. The SMILES string of the molecule is CCC=CC(CC)(CO)CC=C(C)C. The molecule has 0 saturated heterocycles. The second kappa shape index (κ2) is 6.83. The lowest BCUT2D eigenvalue weighted by Gasteiger charge is -2.25. The molecule has 0 amide bonds. The molecule has 0 rings (SSSR count). The van der Waals surface area contributed by atoms with Gasteiger partial charge in [0.15, 0.2) is 0 Å². The molecule has 1 atom stereocenters. The van der Waals surface area contributed by atoms with Crippen LogP contribution < -0.4 is 0 Å². The lowest BCUT2D eigenvalue weighted by atomic mass is 9.81. The highest BCUT2D eigenvalue weighted by molar-refractivity contribution is 5.05. The Labute approximate surface area is 88.5 Å². The number of hydrogen-bond donors (Lipinski definition) is 1. The molecule has 0 aliphatic heterocycles. The van der Waals surface area contributed by atoms with Crippen LogP contribution in [0.25, 0.3) is 0 Å². The van der Waals surface area contributed by atoms with Crippen molar-refractivity contribution in [1.82, 2.24) is 0 Å². The summed E-state index contributed by atoms with van der Waals surface area (Å²) in [4.78, 5) is 0. The molecule has 0 aromatic rings. The Morgan fingerprint density at radius 1 is 1.29 bits per heavy atom. The van der Waals surface area contributed by atoms with E-state index in [1.165, 1.54) is 5.57 Å². The van der Waals surface area contributed by atoms with Crippen molar-refractivity contribution in [3.63, 3.8) is 0 Å². The molecule has 1 N–H and O–H groups in total. The van der Waals surface area contributed by atoms with Gasteiger partial charge in [0.1, 0.15) is 0 Å². The molecule has 0 aliphatic carbocycles. The number of aliphatic hydroxyl groups is 1. The molecule has 1 unspecified atom stereocenters. The number of hydrogen-bond acceptors (Lipinski definition) is 1. The predicted molar refractivity (Wildman–Crippen MR) is 63.3 cm³/mol. The van der Waals surface area contributed by atoms with Crippen molar-refractivity contribution in [3.05, 3.63) is 23.8 Å². The fourth-order valence-electron chi connectivity index (χ4n) is 1.33. The maximum atomic E-state index is 9.44. The van der Waals surface area contributed by atoms with Crippen LogP contribution in [0.5, 0.6) is 0 Å². The van der Waals surface area contributed by atoms with E-state index in [2.05, 4.69) is 45.9 Å². The topological polar surface area (TPSA) is 20.2 Å². The summed E-state index contributed by atoms with van der Waals surface area (Å²) < 4.78 is 0. The van der Waals surface area contributed by atoms with Crippen LogP contribution in [0.15, 0.2) is 23.8 Å². The first-order valence-corrected chi connectivity index (χ1v) is 5.52. The van der Waals surface area contributed by atoms with Gasteiger partial charge in [-0.25, -0.2) is 0 Å². The zero-order chi connectivity index (χ0) is 11.0. The van der Waals surface area contributed by atoms with Crippen LogP contribution >= 0.6 is 0 Å². The minimum Gasteiger partial charge on any atom is -0.395 e. The molecule has 0 aromatic carbocycles. The van der Waals surface area contributed by atoms with E-state index in [9.17, 15) is 5.11 Å². The van der Waals surface area contributed by atoms with Crippen LogP contribution in [0.4, 0.5) is 0 Å². The van der Waals surface area contributed by atoms with Gasteiger partial charge in [-0.3, -0.25) is 0 Å². The molecule has 0 radical (unpaired) electrons. The average molecular weight is 196 g/mol. The van der Waals surface area contributed by atoms with Crippen molar-refractivity contribution in [2.45, 2.75) is 47.0 Å². The van der Waals surface area contributed by atoms with Gasteiger partial charge in [0, 0.05) is 5.41 Å². The summed E-state index contributed by atoms with van der Waals surface area (Å²) in [5, 5.41) is 9.44. The van der Waals surface area contributed by atoms with Crippen LogP contribution in [0.3, 0.4) is 0 Å². The van der Waals surface area contributed by atoms with E-state index in [-0.39, 0.29) is 12.0 Å². The first-order chi connectivity index (χ1) is 6.60. The maximum Gasteiger partial charge on any atom is 0.0524 e. The first-order valence-electron chi connectivity index (χ1n) is 5.52. The molecule has 0 aromatic heterocycles. The molecule has 0 spiro atoms. The molecule has 0 aliphatic rings. The number of allylic oxidation sites excluding steroid dienone is 3. The second-order valence-corrected chi connectivity index (χ2v) is 4.17. The largest absolute Gasteiger partial charge is 0.395 e. The summed E-state index contributed by atoms with van der Waals surface area (Å²) in [5.74, 6) is 0. The van der Waals surface area contributed by atoms with Gasteiger partial charge in [-0.15, -0.1) is 0 Å². The van der Waals surface area contributed by atoms with E-state index in [1.807, 2.05) is 0 Å². The van der Waals surface area contributed by atoms with Crippen LogP contribution in [0, 0.1) is 5.41 Å². The minimum absolute atomic E-state index is 0.0344. The highest BCUT2D eigenvalue weighted by atomic mass is 16.3. The summed E-state index contributed by atoms with van der Waals surface area (Å²) in [6, 6.07) is 0. The Bertz CT molecular complexity index is 193. The lowest BCUT2D eigenvalue weighted by Crippen LogP contribution is -2.21. The van der Waals surface area contributed by atoms with Crippen molar-refractivity contribution in [3.8, 4) is 0 Å². The Morgan fingerprint density at radius 3 is 2.29 bits per heavy atom. The fourth-order valence-corrected chi connectivity index (χ4v) is 1.33. The van der Waals surface area contributed by atoms with Crippen LogP contribution in [0.2, 0.25) is 0 Å². The standard InChI is InChI=1S/C13H24O/c1-5-7-9-13(6-2,11-14)10-8-12(3)4/h7-9,14H,5-6,10-11H2,1-4H3. The number of rotatable bonds is 6. The van der Waals surface area contributed by atoms with Gasteiger partial charge in [0.05, 0.1) is 6.61 Å². The van der Waals surface area contributed by atoms with Gasteiger partial charge in [-0.1, -0.05) is 37.6 Å². The monoisotopic (exact) mass is 196 g/mol. The van der Waals surface area contributed by atoms with Gasteiger partial charge in [0.2, 0.25) is 0 Å². The molecule has 0 bridgehead atoms. The fraction of sp³-hybridized carbons (Fsp3) is 0.692. The lowest BCUT2D eigenvalue weighted by molar-refractivity contribution is 0.166. The molecule has 0 fully saturated rings. The molecular weight excluding hydrogens is 172 g/mol. The van der Waals surface area contributed by atoms with Crippen LogP contribution in [-0.4, -0.2) is 11.7 Å². The molecule has 1 nitrogen and oxygen atoms in total. The van der Waals surface area contributed by atoms with Crippen LogP contribution in [0.1, 0.15) is 47.0 Å². The normalized spacial score (nSPS) is 15.5. The van der Waals surface area contributed by atoms with Crippen molar-refractivity contribution in [1.29, 1.82) is 0 Å². The Balaban J connectivity index is 4.52.